The van der Waals surface area contributed by atoms with E-state index in [0.717, 1.165) is 5.69 Å². The molecule has 0 saturated heterocycles. The molecule has 1 amide bonds. The largest absolute Gasteiger partial charge is 0.497 e. The molecule has 1 aromatic heterocycles. The van der Waals surface area contributed by atoms with Crippen molar-refractivity contribution < 1.29 is 14.3 Å². The van der Waals surface area contributed by atoms with Crippen LogP contribution in [0.4, 0.5) is 11.4 Å². The molecule has 3 aromatic rings. The van der Waals surface area contributed by atoms with Crippen LogP contribution < -0.4 is 19.7 Å². The number of H-pyrrole nitrogens is 1. The Balaban J connectivity index is 1.88. The summed E-state index contributed by atoms with van der Waals surface area (Å²) in [6, 6.07) is 12.8. The molecule has 0 radical (unpaired) electrons. The third kappa shape index (κ3) is 2.54. The quantitative estimate of drug-likeness (QED) is 0.755. The maximum absolute atomic E-state index is 13.3. The summed E-state index contributed by atoms with van der Waals surface area (Å²) in [5.74, 6) is 1.68. The molecule has 1 atom stereocenters. The molecule has 2 heterocycles. The fourth-order valence-electron chi connectivity index (χ4n) is 3.10. The Hall–Kier alpha value is -3.48. The fourth-order valence-corrected chi connectivity index (χ4v) is 3.10. The van der Waals surface area contributed by atoms with E-state index in [1.165, 1.54) is 0 Å². The average Bonchev–Trinajstić information content (AvgIpc) is 3.22. The normalized spacial score (nSPS) is 16.0. The Morgan fingerprint density at radius 2 is 1.96 bits per heavy atom. The van der Waals surface area contributed by atoms with Gasteiger partial charge < -0.3 is 19.8 Å². The van der Waals surface area contributed by atoms with E-state index in [1.54, 1.807) is 55.8 Å². The molecule has 0 saturated carbocycles. The van der Waals surface area contributed by atoms with Crippen molar-refractivity contribution in [2.45, 2.75) is 6.17 Å². The fraction of sp³-hybridized carbons (Fsp3) is 0.158. The summed E-state index contributed by atoms with van der Waals surface area (Å²) < 4.78 is 10.8. The van der Waals surface area contributed by atoms with Gasteiger partial charge in [0.05, 0.1) is 25.5 Å². The van der Waals surface area contributed by atoms with Gasteiger partial charge in [0, 0.05) is 24.1 Å². The van der Waals surface area contributed by atoms with Crippen LogP contribution in [0.1, 0.15) is 22.3 Å². The smallest absolute Gasteiger partial charge is 0.262 e. The average molecular weight is 350 g/mol. The number of hydrogen-bond acceptors (Lipinski definition) is 5. The van der Waals surface area contributed by atoms with E-state index < -0.39 is 6.17 Å². The number of rotatable bonds is 4. The zero-order chi connectivity index (χ0) is 18.1. The minimum atomic E-state index is -0.491. The lowest BCUT2D eigenvalue weighted by Gasteiger charge is -2.37. The molecule has 1 unspecified atom stereocenters. The Morgan fingerprint density at radius 3 is 2.69 bits per heavy atom. The number of aromatic amines is 1. The lowest BCUT2D eigenvalue weighted by molar-refractivity contribution is 0.0973. The minimum absolute atomic E-state index is 0.135. The number of fused-ring (bicyclic) bond motifs is 1. The van der Waals surface area contributed by atoms with Gasteiger partial charge in [0.2, 0.25) is 0 Å². The summed E-state index contributed by atoms with van der Waals surface area (Å²) in [7, 11) is 3.15. The lowest BCUT2D eigenvalue weighted by Crippen LogP contribution is -2.43. The molecule has 1 aliphatic heterocycles. The summed E-state index contributed by atoms with van der Waals surface area (Å²) >= 11 is 0. The van der Waals surface area contributed by atoms with Gasteiger partial charge in [0.25, 0.3) is 5.91 Å². The van der Waals surface area contributed by atoms with Crippen molar-refractivity contribution in [1.82, 2.24) is 9.97 Å². The van der Waals surface area contributed by atoms with E-state index in [1.807, 2.05) is 18.2 Å². The highest BCUT2D eigenvalue weighted by atomic mass is 16.5. The number of carbonyl (C=O) groups is 1. The van der Waals surface area contributed by atoms with Gasteiger partial charge in [-0.1, -0.05) is 12.1 Å². The van der Waals surface area contributed by atoms with E-state index >= 15 is 0 Å². The standard InChI is InChI=1S/C19H18N4O3/c1-25-12-7-8-15(16(11-12)26-2)23-18(17-20-9-10-21-17)22-14-6-4-3-5-13(14)19(23)24/h3-11,18,22H,1-2H3,(H,20,21). The van der Waals surface area contributed by atoms with Gasteiger partial charge >= 0.3 is 0 Å². The van der Waals surface area contributed by atoms with Gasteiger partial charge in [0.15, 0.2) is 6.17 Å². The second-order valence-electron chi connectivity index (χ2n) is 5.78. The number of nitrogens with zero attached hydrogens (tertiary/aromatic N) is 2. The summed E-state index contributed by atoms with van der Waals surface area (Å²) in [4.78, 5) is 22.4. The minimum Gasteiger partial charge on any atom is -0.497 e. The Kier molecular flexibility index (Phi) is 3.96. The predicted molar refractivity (Wildman–Crippen MR) is 97.7 cm³/mol. The van der Waals surface area contributed by atoms with E-state index in [0.29, 0.717) is 28.6 Å². The maximum atomic E-state index is 13.3. The van der Waals surface area contributed by atoms with Gasteiger partial charge in [-0.2, -0.15) is 0 Å². The van der Waals surface area contributed by atoms with Crippen molar-refractivity contribution in [3.63, 3.8) is 0 Å². The molecule has 0 aliphatic carbocycles. The van der Waals surface area contributed by atoms with Crippen LogP contribution >= 0.6 is 0 Å². The van der Waals surface area contributed by atoms with Gasteiger partial charge in [-0.15, -0.1) is 0 Å². The van der Waals surface area contributed by atoms with E-state index in [-0.39, 0.29) is 5.91 Å². The highest BCUT2D eigenvalue weighted by Crippen LogP contribution is 2.41. The topological polar surface area (TPSA) is 79.5 Å². The lowest BCUT2D eigenvalue weighted by atomic mass is 10.1. The molecule has 7 heteroatoms. The zero-order valence-corrected chi connectivity index (χ0v) is 14.4. The summed E-state index contributed by atoms with van der Waals surface area (Å²) in [6.07, 6.45) is 2.89. The number of anilines is 2. The molecule has 7 nitrogen and oxygen atoms in total. The summed E-state index contributed by atoms with van der Waals surface area (Å²) in [5.41, 5.74) is 1.98. The monoisotopic (exact) mass is 350 g/mol. The van der Waals surface area contributed by atoms with Crippen LogP contribution in [-0.4, -0.2) is 30.1 Å². The molecule has 2 aromatic carbocycles. The zero-order valence-electron chi connectivity index (χ0n) is 14.4. The van der Waals surface area contributed by atoms with Crippen LogP contribution in [0.25, 0.3) is 0 Å². The van der Waals surface area contributed by atoms with Crippen molar-refractivity contribution in [1.29, 1.82) is 0 Å². The van der Waals surface area contributed by atoms with Crippen molar-refractivity contribution in [2.75, 3.05) is 24.4 Å². The Morgan fingerprint density at radius 1 is 1.12 bits per heavy atom. The number of methoxy groups -OCH3 is 2. The van der Waals surface area contributed by atoms with Crippen LogP contribution in [0.3, 0.4) is 0 Å². The van der Waals surface area contributed by atoms with Crippen LogP contribution in [-0.2, 0) is 0 Å². The number of amides is 1. The molecule has 132 valence electrons. The number of ether oxygens (including phenoxy) is 2. The Bertz CT molecular complexity index is 940. The number of benzene rings is 2. The molecule has 26 heavy (non-hydrogen) atoms. The number of para-hydroxylation sites is 1. The second kappa shape index (κ2) is 6.44. The van der Waals surface area contributed by atoms with Crippen molar-refractivity contribution in [3.8, 4) is 11.5 Å². The first-order chi connectivity index (χ1) is 12.7. The third-order valence-corrected chi connectivity index (χ3v) is 4.35. The van der Waals surface area contributed by atoms with Crippen LogP contribution in [0.15, 0.2) is 54.9 Å². The van der Waals surface area contributed by atoms with Crippen LogP contribution in [0.2, 0.25) is 0 Å². The molecule has 0 fully saturated rings. The van der Waals surface area contributed by atoms with Crippen molar-refractivity contribution >= 4 is 17.3 Å². The highest BCUT2D eigenvalue weighted by molar-refractivity contribution is 6.12. The van der Waals surface area contributed by atoms with Gasteiger partial charge in [0.1, 0.15) is 17.3 Å². The second-order valence-corrected chi connectivity index (χ2v) is 5.78. The van der Waals surface area contributed by atoms with Crippen molar-refractivity contribution in [2.24, 2.45) is 0 Å². The van der Waals surface area contributed by atoms with Gasteiger partial charge in [-0.05, 0) is 24.3 Å². The Labute approximate surface area is 150 Å². The number of imidazole rings is 1. The summed E-state index contributed by atoms with van der Waals surface area (Å²) in [6.45, 7) is 0. The SMILES string of the molecule is COc1ccc(N2C(=O)c3ccccc3NC2c2ncc[nH]2)c(OC)c1. The first-order valence-electron chi connectivity index (χ1n) is 8.13. The molecule has 4 rings (SSSR count). The van der Waals surface area contributed by atoms with E-state index in [4.69, 9.17) is 9.47 Å². The molecule has 2 N–H and O–H groups in total. The third-order valence-electron chi connectivity index (χ3n) is 4.35. The van der Waals surface area contributed by atoms with E-state index in [9.17, 15) is 4.79 Å². The van der Waals surface area contributed by atoms with Crippen molar-refractivity contribution in [3.05, 3.63) is 66.2 Å². The maximum Gasteiger partial charge on any atom is 0.262 e. The van der Waals surface area contributed by atoms with Gasteiger partial charge in [-0.3, -0.25) is 9.69 Å². The molecular formula is C19H18N4O3. The predicted octanol–water partition coefficient (Wildman–Crippen LogP) is 3.20. The first-order valence-corrected chi connectivity index (χ1v) is 8.13. The summed E-state index contributed by atoms with van der Waals surface area (Å²) in [5, 5.41) is 3.38. The molecular weight excluding hydrogens is 332 g/mol. The number of nitrogens with one attached hydrogen (secondary N) is 2. The first kappa shape index (κ1) is 16.0. The highest BCUT2D eigenvalue weighted by Gasteiger charge is 2.36. The van der Waals surface area contributed by atoms with Crippen LogP contribution in [0, 0.1) is 0 Å². The number of aromatic nitrogens is 2. The van der Waals surface area contributed by atoms with Gasteiger partial charge in [-0.25, -0.2) is 4.98 Å². The number of hydrogen-bond donors (Lipinski definition) is 2. The number of carbonyl (C=O) groups excluding carboxylic acids is 1. The van der Waals surface area contributed by atoms with Crippen LogP contribution in [0.5, 0.6) is 11.5 Å². The molecule has 1 aliphatic rings. The van der Waals surface area contributed by atoms with E-state index in [2.05, 4.69) is 15.3 Å². The molecule has 0 spiro atoms. The molecule has 0 bridgehead atoms.